The minimum Gasteiger partial charge on any atom is -0.779 e. The summed E-state index contributed by atoms with van der Waals surface area (Å²) >= 11 is 4.31. The molecule has 19 heteroatoms. The third-order valence-electron chi connectivity index (χ3n) is 3.60. The van der Waals surface area contributed by atoms with E-state index in [2.05, 4.69) is 35.6 Å². The first-order valence-corrected chi connectivity index (χ1v) is 11.2. The van der Waals surface area contributed by atoms with Crippen LogP contribution in [0.4, 0.5) is 5.82 Å². The molecule has 1 aliphatic rings. The Morgan fingerprint density at radius 1 is 1.28 bits per heavy atom. The summed E-state index contributed by atoms with van der Waals surface area (Å²) in [5.41, 5.74) is 6.16. The Morgan fingerprint density at radius 2 is 1.93 bits per heavy atom. The number of nitrogens with zero attached hydrogens (tertiary/aromatic N) is 4. The third kappa shape index (κ3) is 6.31. The molecule has 0 radical (unpaired) electrons. The van der Waals surface area contributed by atoms with Gasteiger partial charge in [0.25, 0.3) is 7.82 Å². The minimum atomic E-state index is -5.39. The molecule has 29 heavy (non-hydrogen) atoms. The number of imidazole rings is 1. The largest absolute Gasteiger partial charge is 1.00 e. The number of fused-ring (bicyclic) bond motifs is 1. The summed E-state index contributed by atoms with van der Waals surface area (Å²) in [5.74, 6) is 0.0990. The van der Waals surface area contributed by atoms with Crippen LogP contribution in [-0.2, 0) is 29.9 Å². The summed E-state index contributed by atoms with van der Waals surface area (Å²) in [7, 11) is -5.39. The Morgan fingerprint density at radius 3 is 2.55 bits per heavy atom. The number of aromatic nitrogens is 4. The van der Waals surface area contributed by atoms with E-state index in [4.69, 9.17) is 15.4 Å². The van der Waals surface area contributed by atoms with E-state index in [1.54, 1.807) is 0 Å². The number of hydrogen-bond acceptors (Lipinski definition) is 13. The topological polar surface area (TPSA) is 221 Å². The van der Waals surface area contributed by atoms with Crippen LogP contribution < -0.4 is 53.2 Å². The number of ether oxygens (including phenoxy) is 1. The van der Waals surface area contributed by atoms with Crippen LogP contribution >= 0.6 is 14.5 Å². The molecule has 6 atom stereocenters. The minimum absolute atomic E-state index is 0. The Hall–Kier alpha value is 0.105. The predicted octanol–water partition coefficient (Wildman–Crippen LogP) is -8.89. The Kier molecular flexibility index (Phi) is 9.50. The monoisotopic (exact) mass is 455 g/mol. The van der Waals surface area contributed by atoms with Gasteiger partial charge in [0, 0.05) is 0 Å². The second-order valence-electron chi connectivity index (χ2n) is 5.42. The van der Waals surface area contributed by atoms with Gasteiger partial charge in [0.2, 0.25) is 0 Å². The maximum Gasteiger partial charge on any atom is 1.00 e. The number of aliphatic hydroxyl groups excluding tert-OH is 2. The molecule has 3 rings (SSSR count). The van der Waals surface area contributed by atoms with E-state index in [0.717, 1.165) is 0 Å². The SMILES string of the molecule is Nc1ncnc2c1ncn2[C@@H]1O[C@H](COP([O-])(=S)OP(=O)([O-])O)[C@@H](O)[C@H]1O.[Li+].[Li+]. The van der Waals surface area contributed by atoms with Crippen LogP contribution in [0.3, 0.4) is 0 Å². The van der Waals surface area contributed by atoms with Crippen molar-refractivity contribution in [3.05, 3.63) is 12.7 Å². The molecule has 0 amide bonds. The molecule has 2 aromatic rings. The summed E-state index contributed by atoms with van der Waals surface area (Å²) in [6.07, 6.45) is -2.97. The van der Waals surface area contributed by atoms with Gasteiger partial charge in [-0.3, -0.25) is 13.4 Å². The van der Waals surface area contributed by atoms with Gasteiger partial charge in [0.1, 0.15) is 36.9 Å². The fraction of sp³-hybridized carbons (Fsp3) is 0.500. The quantitative estimate of drug-likeness (QED) is 0.235. The zero-order valence-corrected chi connectivity index (χ0v) is 17.7. The van der Waals surface area contributed by atoms with Crippen LogP contribution in [0.1, 0.15) is 6.23 Å². The molecule has 0 spiro atoms. The van der Waals surface area contributed by atoms with Gasteiger partial charge in [0.15, 0.2) is 17.7 Å². The van der Waals surface area contributed by atoms with Crippen LogP contribution in [0.15, 0.2) is 12.7 Å². The zero-order valence-electron chi connectivity index (χ0n) is 15.1. The molecule has 1 fully saturated rings. The fourth-order valence-electron chi connectivity index (χ4n) is 2.47. The molecule has 1 saturated heterocycles. The van der Waals surface area contributed by atoms with E-state index in [9.17, 15) is 24.6 Å². The molecular weight excluding hydrogens is 442 g/mol. The van der Waals surface area contributed by atoms with Crippen LogP contribution in [0, 0.1) is 0 Å². The van der Waals surface area contributed by atoms with Gasteiger partial charge >= 0.3 is 37.7 Å². The number of hydrogen-bond donors (Lipinski definition) is 4. The smallest absolute Gasteiger partial charge is 0.779 e. The molecule has 150 valence electrons. The van der Waals surface area contributed by atoms with E-state index in [0.29, 0.717) is 0 Å². The van der Waals surface area contributed by atoms with Crippen molar-refractivity contribution in [1.82, 2.24) is 19.5 Å². The summed E-state index contributed by atoms with van der Waals surface area (Å²) in [4.78, 5) is 42.6. The summed E-state index contributed by atoms with van der Waals surface area (Å²) in [6, 6.07) is 0. The molecule has 2 unspecified atom stereocenters. The molecule has 0 aliphatic carbocycles. The Bertz CT molecular complexity index is 947. The Balaban J connectivity index is 0.00000210. The van der Waals surface area contributed by atoms with Gasteiger partial charge in [-0.25, -0.2) is 15.0 Å². The first-order valence-electron chi connectivity index (χ1n) is 7.14. The van der Waals surface area contributed by atoms with Crippen molar-refractivity contribution in [2.75, 3.05) is 12.3 Å². The molecule has 3 heterocycles. The molecule has 2 aromatic heterocycles. The summed E-state index contributed by atoms with van der Waals surface area (Å²) in [6.45, 7) is -5.30. The molecular formula is C10H13Li2N5O9P2S. The standard InChI is InChI=1S/C10H15N5O9P2S.2Li/c11-8-5-9(13-2-12-8)15(3-14-5)10-7(17)6(16)4(23-10)1-22-26(21,27)24-25(18,19)20;;/h2-4,6-7,10,16-17H,1H2,(H,21,27)(H2,11,12,13)(H2,18,19,20);;/q;2*+1/p-2/t4-,6-,7-,10-,26?;;/m1../s1. The van der Waals surface area contributed by atoms with E-state index >= 15 is 0 Å². The normalized spacial score (nSPS) is 28.2. The van der Waals surface area contributed by atoms with Crippen LogP contribution in [-0.4, -0.2) is 59.5 Å². The molecule has 5 N–H and O–H groups in total. The Labute approximate surface area is 192 Å². The maximum absolute atomic E-state index is 11.7. The van der Waals surface area contributed by atoms with E-state index < -0.39 is 45.7 Å². The second kappa shape index (κ2) is 10.1. The van der Waals surface area contributed by atoms with Crippen molar-refractivity contribution in [2.45, 2.75) is 24.5 Å². The van der Waals surface area contributed by atoms with Crippen molar-refractivity contribution < 1.29 is 80.8 Å². The van der Waals surface area contributed by atoms with Gasteiger partial charge in [-0.15, -0.1) is 0 Å². The molecule has 14 nitrogen and oxygen atoms in total. The van der Waals surface area contributed by atoms with Crippen molar-refractivity contribution in [1.29, 1.82) is 0 Å². The first kappa shape index (κ1) is 27.1. The van der Waals surface area contributed by atoms with Gasteiger partial charge in [0.05, 0.1) is 12.9 Å². The summed E-state index contributed by atoms with van der Waals surface area (Å²) in [5, 5.41) is 20.3. The number of aliphatic hydroxyl groups is 2. The first-order chi connectivity index (χ1) is 12.5. The molecule has 0 aromatic carbocycles. The zero-order chi connectivity index (χ0) is 20.0. The van der Waals surface area contributed by atoms with Gasteiger partial charge in [-0.2, -0.15) is 0 Å². The number of nitrogens with two attached hydrogens (primary N) is 1. The fourth-order valence-corrected chi connectivity index (χ4v) is 4.94. The van der Waals surface area contributed by atoms with E-state index in [1.165, 1.54) is 17.2 Å². The van der Waals surface area contributed by atoms with Crippen LogP contribution in [0.5, 0.6) is 0 Å². The van der Waals surface area contributed by atoms with Crippen molar-refractivity contribution in [3.63, 3.8) is 0 Å². The average molecular weight is 455 g/mol. The van der Waals surface area contributed by atoms with Gasteiger partial charge < -0.3 is 39.9 Å². The third-order valence-corrected chi connectivity index (χ3v) is 6.61. The van der Waals surface area contributed by atoms with E-state index in [-0.39, 0.29) is 54.7 Å². The second-order valence-corrected chi connectivity index (χ2v) is 9.51. The predicted molar refractivity (Wildman–Crippen MR) is 86.8 cm³/mol. The molecule has 0 saturated carbocycles. The number of anilines is 1. The van der Waals surface area contributed by atoms with E-state index in [1.807, 2.05) is 0 Å². The number of rotatable bonds is 6. The molecule has 0 bridgehead atoms. The van der Waals surface area contributed by atoms with Gasteiger partial charge in [-0.1, -0.05) is 11.8 Å². The van der Waals surface area contributed by atoms with Crippen molar-refractivity contribution >= 4 is 43.3 Å². The van der Waals surface area contributed by atoms with Crippen molar-refractivity contribution in [3.8, 4) is 0 Å². The number of nitrogen functional groups attached to an aromatic ring is 1. The maximum atomic E-state index is 11.7. The van der Waals surface area contributed by atoms with Crippen molar-refractivity contribution in [2.24, 2.45) is 0 Å². The number of phosphoric acid groups is 1. The molecule has 1 aliphatic heterocycles. The van der Waals surface area contributed by atoms with Crippen LogP contribution in [0.2, 0.25) is 0 Å². The van der Waals surface area contributed by atoms with Crippen LogP contribution in [0.25, 0.3) is 11.2 Å². The summed E-state index contributed by atoms with van der Waals surface area (Å²) < 4.78 is 25.8. The average Bonchev–Trinajstić information content (AvgIpc) is 3.07. The van der Waals surface area contributed by atoms with Gasteiger partial charge in [-0.05, 0) is 0 Å².